The van der Waals surface area contributed by atoms with Crippen molar-refractivity contribution in [3.63, 3.8) is 0 Å². The summed E-state index contributed by atoms with van der Waals surface area (Å²) >= 11 is 0. The first-order valence-corrected chi connectivity index (χ1v) is 8.95. The summed E-state index contributed by atoms with van der Waals surface area (Å²) in [4.78, 5) is 25.8. The zero-order valence-corrected chi connectivity index (χ0v) is 14.8. The Balaban J connectivity index is 1.36. The third-order valence-corrected chi connectivity index (χ3v) is 4.66. The molecule has 0 spiro atoms. The van der Waals surface area contributed by atoms with Gasteiger partial charge in [0.2, 0.25) is 5.89 Å². The van der Waals surface area contributed by atoms with E-state index in [4.69, 9.17) is 4.52 Å². The van der Waals surface area contributed by atoms with Gasteiger partial charge in [0.15, 0.2) is 5.82 Å². The largest absolute Gasteiger partial charge is 0.338 e. The van der Waals surface area contributed by atoms with Gasteiger partial charge in [-0.15, -0.1) is 0 Å². The van der Waals surface area contributed by atoms with Crippen LogP contribution in [-0.4, -0.2) is 55.5 Å². The Morgan fingerprint density at radius 1 is 1.08 bits per heavy atom. The molecule has 0 radical (unpaired) electrons. The quantitative estimate of drug-likeness (QED) is 0.675. The Labute approximate surface area is 151 Å². The second kappa shape index (κ2) is 7.35. The monoisotopic (exact) mass is 354 g/mol. The van der Waals surface area contributed by atoms with Gasteiger partial charge in [-0.2, -0.15) is 4.98 Å². The molecule has 0 amide bonds. The molecule has 0 N–H and O–H groups in total. The summed E-state index contributed by atoms with van der Waals surface area (Å²) in [6, 6.07) is 7.22. The Hall–Kier alpha value is -2.58. The highest BCUT2D eigenvalue weighted by atomic mass is 16.5. The van der Waals surface area contributed by atoms with E-state index in [0.717, 1.165) is 44.1 Å². The number of hydrogen-bond acceptors (Lipinski definition) is 7. The second-order valence-corrected chi connectivity index (χ2v) is 6.52. The zero-order chi connectivity index (χ0) is 17.9. The molecule has 3 aromatic rings. The molecular formula is C18H22N6O2. The highest BCUT2D eigenvalue weighted by Gasteiger charge is 2.19. The van der Waals surface area contributed by atoms with Gasteiger partial charge in [-0.05, 0) is 12.1 Å². The molecule has 136 valence electrons. The molecule has 0 unspecified atom stereocenters. The molecule has 1 saturated heterocycles. The molecule has 8 heteroatoms. The van der Waals surface area contributed by atoms with E-state index in [1.165, 1.54) is 0 Å². The van der Waals surface area contributed by atoms with Crippen molar-refractivity contribution < 1.29 is 4.52 Å². The van der Waals surface area contributed by atoms with Crippen LogP contribution in [0.25, 0.3) is 5.65 Å². The molecule has 0 atom stereocenters. The average molecular weight is 354 g/mol. The SMILES string of the molecule is CCc1noc(CN2CCN(Cc3cc(=O)n4ccccc4n3)CC2)n1. The van der Waals surface area contributed by atoms with Crippen molar-refractivity contribution >= 4 is 5.65 Å². The lowest BCUT2D eigenvalue weighted by atomic mass is 10.2. The normalized spacial score (nSPS) is 16.3. The smallest absolute Gasteiger partial charge is 0.258 e. The zero-order valence-electron chi connectivity index (χ0n) is 14.8. The van der Waals surface area contributed by atoms with Gasteiger partial charge >= 0.3 is 0 Å². The topological polar surface area (TPSA) is 79.8 Å². The first-order chi connectivity index (χ1) is 12.7. The average Bonchev–Trinajstić information content (AvgIpc) is 3.11. The molecule has 0 bridgehead atoms. The number of rotatable bonds is 5. The van der Waals surface area contributed by atoms with Crippen molar-refractivity contribution in [2.45, 2.75) is 26.4 Å². The van der Waals surface area contributed by atoms with Crippen LogP contribution in [0.3, 0.4) is 0 Å². The molecule has 1 aliphatic heterocycles. The van der Waals surface area contributed by atoms with Crippen molar-refractivity contribution in [1.82, 2.24) is 29.3 Å². The van der Waals surface area contributed by atoms with Crippen LogP contribution in [0.5, 0.6) is 0 Å². The fourth-order valence-corrected chi connectivity index (χ4v) is 3.21. The lowest BCUT2D eigenvalue weighted by molar-refractivity contribution is 0.111. The first kappa shape index (κ1) is 16.9. The summed E-state index contributed by atoms with van der Waals surface area (Å²) in [6.07, 6.45) is 2.53. The number of pyridine rings is 1. The van der Waals surface area contributed by atoms with E-state index in [1.54, 1.807) is 16.7 Å². The third kappa shape index (κ3) is 3.66. The van der Waals surface area contributed by atoms with E-state index in [1.807, 2.05) is 25.1 Å². The second-order valence-electron chi connectivity index (χ2n) is 6.52. The molecule has 3 aromatic heterocycles. The number of nitrogens with zero attached hydrogens (tertiary/aromatic N) is 6. The highest BCUT2D eigenvalue weighted by molar-refractivity contribution is 5.37. The summed E-state index contributed by atoms with van der Waals surface area (Å²) in [7, 11) is 0. The van der Waals surface area contributed by atoms with Gasteiger partial charge in [-0.25, -0.2) is 4.98 Å². The number of piperazine rings is 1. The van der Waals surface area contributed by atoms with Crippen LogP contribution in [0.15, 0.2) is 39.8 Å². The summed E-state index contributed by atoms with van der Waals surface area (Å²) in [6.45, 7) is 7.09. The molecular weight excluding hydrogens is 332 g/mol. The predicted octanol–water partition coefficient (Wildman–Crippen LogP) is 0.958. The van der Waals surface area contributed by atoms with Gasteiger partial charge in [0.25, 0.3) is 5.56 Å². The predicted molar refractivity (Wildman–Crippen MR) is 95.7 cm³/mol. The van der Waals surface area contributed by atoms with E-state index in [-0.39, 0.29) is 5.56 Å². The van der Waals surface area contributed by atoms with Crippen molar-refractivity contribution in [2.75, 3.05) is 26.2 Å². The van der Waals surface area contributed by atoms with E-state index >= 15 is 0 Å². The molecule has 8 nitrogen and oxygen atoms in total. The van der Waals surface area contributed by atoms with Gasteiger partial charge < -0.3 is 4.52 Å². The van der Waals surface area contributed by atoms with Crippen LogP contribution in [0.4, 0.5) is 0 Å². The summed E-state index contributed by atoms with van der Waals surface area (Å²) in [5.41, 5.74) is 1.48. The molecule has 0 aliphatic carbocycles. The Morgan fingerprint density at radius 2 is 1.85 bits per heavy atom. The molecule has 4 rings (SSSR count). The van der Waals surface area contributed by atoms with Crippen LogP contribution in [0.2, 0.25) is 0 Å². The van der Waals surface area contributed by atoms with E-state index in [2.05, 4.69) is 24.9 Å². The van der Waals surface area contributed by atoms with Crippen LogP contribution in [0, 0.1) is 0 Å². The molecule has 1 aliphatic rings. The number of fused-ring (bicyclic) bond motifs is 1. The lowest BCUT2D eigenvalue weighted by Gasteiger charge is -2.33. The van der Waals surface area contributed by atoms with E-state index in [9.17, 15) is 4.79 Å². The maximum atomic E-state index is 12.2. The van der Waals surface area contributed by atoms with Gasteiger partial charge in [-0.1, -0.05) is 18.1 Å². The minimum atomic E-state index is -0.0349. The molecule has 0 aromatic carbocycles. The van der Waals surface area contributed by atoms with Crippen molar-refractivity contribution in [2.24, 2.45) is 0 Å². The van der Waals surface area contributed by atoms with Gasteiger partial charge in [-0.3, -0.25) is 19.0 Å². The minimum Gasteiger partial charge on any atom is -0.338 e. The van der Waals surface area contributed by atoms with Crippen LogP contribution in [0.1, 0.15) is 24.3 Å². The van der Waals surface area contributed by atoms with Crippen molar-refractivity contribution in [1.29, 1.82) is 0 Å². The summed E-state index contributed by atoms with van der Waals surface area (Å²) in [5.74, 6) is 1.44. The Bertz CT molecular complexity index is 942. The van der Waals surface area contributed by atoms with Gasteiger partial charge in [0, 0.05) is 51.4 Å². The first-order valence-electron chi connectivity index (χ1n) is 8.95. The minimum absolute atomic E-state index is 0.0349. The van der Waals surface area contributed by atoms with Crippen LogP contribution < -0.4 is 5.56 Å². The van der Waals surface area contributed by atoms with Crippen molar-refractivity contribution in [3.05, 3.63) is 58.2 Å². The maximum absolute atomic E-state index is 12.2. The molecule has 4 heterocycles. The fourth-order valence-electron chi connectivity index (χ4n) is 3.21. The Kier molecular flexibility index (Phi) is 4.77. The number of aryl methyl sites for hydroxylation is 1. The van der Waals surface area contributed by atoms with E-state index in [0.29, 0.717) is 24.6 Å². The number of hydrogen-bond donors (Lipinski definition) is 0. The van der Waals surface area contributed by atoms with Crippen molar-refractivity contribution in [3.8, 4) is 0 Å². The van der Waals surface area contributed by atoms with Crippen LogP contribution in [-0.2, 0) is 19.5 Å². The maximum Gasteiger partial charge on any atom is 0.258 e. The van der Waals surface area contributed by atoms with Crippen LogP contribution >= 0.6 is 0 Å². The summed E-state index contributed by atoms with van der Waals surface area (Å²) < 4.78 is 6.84. The van der Waals surface area contributed by atoms with E-state index < -0.39 is 0 Å². The lowest BCUT2D eigenvalue weighted by Crippen LogP contribution is -2.45. The molecule has 0 saturated carbocycles. The highest BCUT2D eigenvalue weighted by Crippen LogP contribution is 2.10. The third-order valence-electron chi connectivity index (χ3n) is 4.66. The summed E-state index contributed by atoms with van der Waals surface area (Å²) in [5, 5.41) is 3.94. The Morgan fingerprint density at radius 3 is 2.58 bits per heavy atom. The van der Waals surface area contributed by atoms with Gasteiger partial charge in [0.05, 0.1) is 12.2 Å². The molecule has 26 heavy (non-hydrogen) atoms. The fraction of sp³-hybridized carbons (Fsp3) is 0.444. The van der Waals surface area contributed by atoms with Gasteiger partial charge in [0.1, 0.15) is 5.65 Å². The number of aromatic nitrogens is 4. The molecule has 1 fully saturated rings. The standard InChI is InChI=1S/C18H22N6O2/c1-2-15-20-17(26-21-15)13-23-9-7-22(8-10-23)12-14-11-18(25)24-6-4-3-5-16(24)19-14/h3-6,11H,2,7-10,12-13H2,1H3.